The summed E-state index contributed by atoms with van der Waals surface area (Å²) in [5, 5.41) is 14.7. The van der Waals surface area contributed by atoms with Gasteiger partial charge in [-0.3, -0.25) is 4.90 Å². The van der Waals surface area contributed by atoms with E-state index < -0.39 is 11.9 Å². The van der Waals surface area contributed by atoms with Gasteiger partial charge in [-0.25, -0.2) is 9.07 Å². The number of aliphatic hydroxyl groups excluding tert-OH is 1. The molecule has 1 unspecified atom stereocenters. The molecule has 0 aliphatic carbocycles. The SMILES string of the molecule is CC(C)CN(Cc1c(-c2ccccc2)nn(C)c1Oc1ccccc1F)CC(C)O. The fourth-order valence-corrected chi connectivity index (χ4v) is 3.60. The van der Waals surface area contributed by atoms with Crippen LogP contribution in [-0.2, 0) is 13.6 Å². The molecule has 0 amide bonds. The molecule has 0 saturated carbocycles. The molecule has 1 heterocycles. The molecule has 0 bridgehead atoms. The van der Waals surface area contributed by atoms with Crippen molar-refractivity contribution in [2.24, 2.45) is 13.0 Å². The average Bonchev–Trinajstić information content (AvgIpc) is 2.99. The highest BCUT2D eigenvalue weighted by molar-refractivity contribution is 5.65. The van der Waals surface area contributed by atoms with Crippen molar-refractivity contribution in [3.8, 4) is 22.9 Å². The summed E-state index contributed by atoms with van der Waals surface area (Å²) in [6.07, 6.45) is -0.462. The maximum absolute atomic E-state index is 14.3. The van der Waals surface area contributed by atoms with E-state index in [1.165, 1.54) is 6.07 Å². The molecule has 6 heteroatoms. The van der Waals surface area contributed by atoms with Crippen molar-refractivity contribution in [2.45, 2.75) is 33.4 Å². The first-order valence-electron chi connectivity index (χ1n) is 10.3. The number of aryl methyl sites for hydroxylation is 1. The molecule has 1 N–H and O–H groups in total. The molecule has 0 aliphatic rings. The molecule has 2 aromatic carbocycles. The van der Waals surface area contributed by atoms with Gasteiger partial charge in [0.25, 0.3) is 0 Å². The fraction of sp³-hybridized carbons (Fsp3) is 0.375. The number of aromatic nitrogens is 2. The van der Waals surface area contributed by atoms with E-state index in [4.69, 9.17) is 9.84 Å². The highest BCUT2D eigenvalue weighted by Crippen LogP contribution is 2.35. The zero-order valence-electron chi connectivity index (χ0n) is 18.0. The van der Waals surface area contributed by atoms with Gasteiger partial charge in [-0.15, -0.1) is 0 Å². The van der Waals surface area contributed by atoms with Gasteiger partial charge in [-0.2, -0.15) is 5.10 Å². The predicted octanol–water partition coefficient (Wildman–Crippen LogP) is 4.86. The second kappa shape index (κ2) is 9.87. The molecule has 0 aliphatic heterocycles. The van der Waals surface area contributed by atoms with Crippen LogP contribution in [0.3, 0.4) is 0 Å². The van der Waals surface area contributed by atoms with Crippen molar-refractivity contribution in [1.29, 1.82) is 0 Å². The Hall–Kier alpha value is -2.70. The summed E-state index contributed by atoms with van der Waals surface area (Å²) in [4.78, 5) is 2.19. The normalized spacial score (nSPS) is 12.5. The van der Waals surface area contributed by atoms with Crippen LogP contribution < -0.4 is 4.74 Å². The first-order valence-corrected chi connectivity index (χ1v) is 10.3. The lowest BCUT2D eigenvalue weighted by molar-refractivity contribution is 0.114. The highest BCUT2D eigenvalue weighted by atomic mass is 19.1. The van der Waals surface area contributed by atoms with Crippen molar-refractivity contribution in [1.82, 2.24) is 14.7 Å². The van der Waals surface area contributed by atoms with Gasteiger partial charge in [-0.1, -0.05) is 56.3 Å². The third kappa shape index (κ3) is 5.46. The third-order valence-electron chi connectivity index (χ3n) is 4.71. The van der Waals surface area contributed by atoms with E-state index in [0.717, 1.165) is 23.4 Å². The summed E-state index contributed by atoms with van der Waals surface area (Å²) in [5.41, 5.74) is 2.63. The lowest BCUT2D eigenvalue weighted by Gasteiger charge is -2.26. The molecule has 0 saturated heterocycles. The Morgan fingerprint density at radius 2 is 1.70 bits per heavy atom. The Morgan fingerprint density at radius 3 is 2.33 bits per heavy atom. The molecule has 1 atom stereocenters. The number of ether oxygens (including phenoxy) is 1. The van der Waals surface area contributed by atoms with Crippen molar-refractivity contribution in [3.05, 3.63) is 66.0 Å². The van der Waals surface area contributed by atoms with Gasteiger partial charge in [0.2, 0.25) is 5.88 Å². The van der Waals surface area contributed by atoms with Crippen molar-refractivity contribution in [3.63, 3.8) is 0 Å². The molecule has 0 radical (unpaired) electrons. The highest BCUT2D eigenvalue weighted by Gasteiger charge is 2.23. The first-order chi connectivity index (χ1) is 14.3. The smallest absolute Gasteiger partial charge is 0.222 e. The monoisotopic (exact) mass is 411 g/mol. The average molecular weight is 412 g/mol. The van der Waals surface area contributed by atoms with Crippen LogP contribution in [0.15, 0.2) is 54.6 Å². The molecule has 3 rings (SSSR count). The lowest BCUT2D eigenvalue weighted by Crippen LogP contribution is -2.33. The van der Waals surface area contributed by atoms with Crippen molar-refractivity contribution >= 4 is 0 Å². The summed E-state index contributed by atoms with van der Waals surface area (Å²) in [7, 11) is 1.80. The largest absolute Gasteiger partial charge is 0.436 e. The molecule has 0 spiro atoms. The number of aliphatic hydroxyl groups is 1. The van der Waals surface area contributed by atoms with Gasteiger partial charge in [0, 0.05) is 32.2 Å². The zero-order valence-corrected chi connectivity index (χ0v) is 18.0. The lowest BCUT2D eigenvalue weighted by atomic mass is 10.1. The number of halogens is 1. The van der Waals surface area contributed by atoms with Crippen LogP contribution >= 0.6 is 0 Å². The quantitative estimate of drug-likeness (QED) is 0.546. The Labute approximate surface area is 177 Å². The molecule has 5 nitrogen and oxygen atoms in total. The second-order valence-electron chi connectivity index (χ2n) is 8.09. The Bertz CT molecular complexity index is 944. The Balaban J connectivity index is 2.05. The van der Waals surface area contributed by atoms with Crippen molar-refractivity contribution in [2.75, 3.05) is 13.1 Å². The van der Waals surface area contributed by atoms with Crippen LogP contribution in [0.25, 0.3) is 11.3 Å². The molecule has 0 fully saturated rings. The molecule has 3 aromatic rings. The second-order valence-corrected chi connectivity index (χ2v) is 8.09. The van der Waals surface area contributed by atoms with Crippen molar-refractivity contribution < 1.29 is 14.2 Å². The molecular weight excluding hydrogens is 381 g/mol. The number of nitrogens with zero attached hydrogens (tertiary/aromatic N) is 3. The number of hydrogen-bond acceptors (Lipinski definition) is 4. The molecule has 1 aromatic heterocycles. The van der Waals surface area contributed by atoms with Crippen LogP contribution in [0, 0.1) is 11.7 Å². The van der Waals surface area contributed by atoms with Gasteiger partial charge in [0.05, 0.1) is 11.7 Å². The van der Waals surface area contributed by atoms with E-state index >= 15 is 0 Å². The van der Waals surface area contributed by atoms with Gasteiger partial charge in [0.1, 0.15) is 5.69 Å². The maximum atomic E-state index is 14.3. The summed E-state index contributed by atoms with van der Waals surface area (Å²) in [6.45, 7) is 7.95. The van der Waals surface area contributed by atoms with Gasteiger partial charge in [-0.05, 0) is 25.0 Å². The minimum atomic E-state index is -0.462. The van der Waals surface area contributed by atoms with Gasteiger partial charge in [0.15, 0.2) is 11.6 Å². The van der Waals surface area contributed by atoms with E-state index in [2.05, 4.69) is 18.7 Å². The van der Waals surface area contributed by atoms with Crippen LogP contribution in [0.1, 0.15) is 26.3 Å². The minimum absolute atomic E-state index is 0.160. The summed E-state index contributed by atoms with van der Waals surface area (Å²) in [6, 6.07) is 16.2. The van der Waals surface area contributed by atoms with Gasteiger partial charge < -0.3 is 9.84 Å². The van der Waals surface area contributed by atoms with Crippen LogP contribution in [-0.4, -0.2) is 39.0 Å². The zero-order chi connectivity index (χ0) is 21.7. The van der Waals surface area contributed by atoms with Crippen LogP contribution in [0.4, 0.5) is 4.39 Å². The van der Waals surface area contributed by atoms with E-state index in [1.807, 2.05) is 30.3 Å². The molecule has 160 valence electrons. The van der Waals surface area contributed by atoms with Gasteiger partial charge >= 0.3 is 0 Å². The number of para-hydroxylation sites is 1. The number of benzene rings is 2. The minimum Gasteiger partial charge on any atom is -0.436 e. The van der Waals surface area contributed by atoms with E-state index in [1.54, 1.807) is 36.9 Å². The summed E-state index contributed by atoms with van der Waals surface area (Å²) < 4.78 is 22.0. The third-order valence-corrected chi connectivity index (χ3v) is 4.71. The Kier molecular flexibility index (Phi) is 7.24. The maximum Gasteiger partial charge on any atom is 0.222 e. The first kappa shape index (κ1) is 22.0. The number of hydrogen-bond donors (Lipinski definition) is 1. The van der Waals surface area contributed by atoms with E-state index in [-0.39, 0.29) is 5.75 Å². The number of rotatable bonds is 9. The molecular formula is C24H30FN3O2. The van der Waals surface area contributed by atoms with Crippen LogP contribution in [0.5, 0.6) is 11.6 Å². The van der Waals surface area contributed by atoms with E-state index in [9.17, 15) is 9.50 Å². The standard InChI is InChI=1S/C24H30FN3O2/c1-17(2)14-28(15-18(3)29)16-20-23(19-10-6-5-7-11-19)26-27(4)24(20)30-22-13-9-8-12-21(22)25/h5-13,17-18,29H,14-16H2,1-4H3. The topological polar surface area (TPSA) is 50.5 Å². The fourth-order valence-electron chi connectivity index (χ4n) is 3.60. The Morgan fingerprint density at radius 1 is 1.03 bits per heavy atom. The predicted molar refractivity (Wildman–Crippen MR) is 117 cm³/mol. The van der Waals surface area contributed by atoms with E-state index in [0.29, 0.717) is 24.9 Å². The summed E-state index contributed by atoms with van der Waals surface area (Å²) in [5.74, 6) is 0.663. The molecule has 30 heavy (non-hydrogen) atoms. The summed E-state index contributed by atoms with van der Waals surface area (Å²) >= 11 is 0. The van der Waals surface area contributed by atoms with Crippen LogP contribution in [0.2, 0.25) is 0 Å².